The lowest BCUT2D eigenvalue weighted by Gasteiger charge is -2.31. The van der Waals surface area contributed by atoms with Crippen LogP contribution in [0.4, 0.5) is 19.0 Å². The van der Waals surface area contributed by atoms with Crippen LogP contribution in [-0.2, 0) is 20.7 Å². The van der Waals surface area contributed by atoms with E-state index >= 15 is 4.39 Å². The molecule has 0 bridgehead atoms. The molecule has 2 N–H and O–H groups in total. The third-order valence-corrected chi connectivity index (χ3v) is 8.31. The van der Waals surface area contributed by atoms with E-state index in [0.29, 0.717) is 34.0 Å². The lowest BCUT2D eigenvalue weighted by atomic mass is 9.91. The van der Waals surface area contributed by atoms with Gasteiger partial charge in [0.15, 0.2) is 11.5 Å². The van der Waals surface area contributed by atoms with Gasteiger partial charge in [-0.1, -0.05) is 12.1 Å². The molecular formula is C28H35F3N4O6S. The molecule has 0 amide bonds. The van der Waals surface area contributed by atoms with E-state index in [9.17, 15) is 22.3 Å². The summed E-state index contributed by atoms with van der Waals surface area (Å²) in [7, 11) is -1.92. The van der Waals surface area contributed by atoms with E-state index in [-0.39, 0.29) is 31.9 Å². The lowest BCUT2D eigenvalue weighted by molar-refractivity contribution is -0.170. The first-order valence-corrected chi connectivity index (χ1v) is 15.1. The number of nitrogens with zero attached hydrogens (tertiary/aromatic N) is 3. The van der Waals surface area contributed by atoms with E-state index in [0.717, 1.165) is 26.2 Å². The van der Waals surface area contributed by atoms with Gasteiger partial charge in [-0.15, -0.1) is 0 Å². The van der Waals surface area contributed by atoms with Gasteiger partial charge in [0.1, 0.15) is 35.8 Å². The van der Waals surface area contributed by atoms with Gasteiger partial charge >= 0.3 is 5.92 Å². The number of hydrogen-bond acceptors (Lipinski definition) is 9. The minimum atomic E-state index is -3.84. The predicted molar refractivity (Wildman–Crippen MR) is 151 cm³/mol. The number of hydrogen-bond donors (Lipinski definition) is 2. The van der Waals surface area contributed by atoms with Crippen LogP contribution < -0.4 is 14.8 Å². The Morgan fingerprint density at radius 1 is 1.24 bits per heavy atom. The maximum atomic E-state index is 15.4. The number of fused-ring (bicyclic) bond motifs is 1. The van der Waals surface area contributed by atoms with Crippen LogP contribution >= 0.6 is 0 Å². The number of aromatic nitrogens is 2. The topological polar surface area (TPSA) is 123 Å². The van der Waals surface area contributed by atoms with Crippen molar-refractivity contribution in [2.75, 3.05) is 45.0 Å². The summed E-state index contributed by atoms with van der Waals surface area (Å²) in [5.74, 6) is -3.61. The Kier molecular flexibility index (Phi) is 8.93. The van der Waals surface area contributed by atoms with E-state index in [1.165, 1.54) is 23.5 Å². The molecule has 1 aliphatic heterocycles. The summed E-state index contributed by atoms with van der Waals surface area (Å²) in [5.41, 5.74) is -2.95. The Labute approximate surface area is 242 Å². The first-order chi connectivity index (χ1) is 19.5. The first kappa shape index (κ1) is 31.7. The van der Waals surface area contributed by atoms with Gasteiger partial charge in [-0.05, 0) is 39.8 Å². The standard InChI is InChI=1S/C28H35F3N4O6S/c1-16(19-8-7-9-21(25(19)29)28(30,31)27(3,4)36)32-26-20-12-24(23(39-5)13-22(20)33-17(2)34-26)41-15-18-14-35(10-11-40-18)42(6,37)38/h7-9,12-13,16,18,36H,10-11,14-15H2,1-6H3,(H,32,33,34)/t16-,18-/m1/s1. The van der Waals surface area contributed by atoms with Crippen molar-refractivity contribution in [3.63, 3.8) is 0 Å². The molecule has 2 atom stereocenters. The number of rotatable bonds is 10. The number of benzene rings is 2. The van der Waals surface area contributed by atoms with Crippen LogP contribution in [0.15, 0.2) is 30.3 Å². The number of morpholine rings is 1. The molecule has 1 fully saturated rings. The Bertz CT molecular complexity index is 1570. The molecule has 1 aliphatic rings. The number of alkyl halides is 2. The van der Waals surface area contributed by atoms with E-state index in [4.69, 9.17) is 14.2 Å². The number of aryl methyl sites for hydroxylation is 1. The van der Waals surface area contributed by atoms with Crippen molar-refractivity contribution in [2.24, 2.45) is 0 Å². The molecule has 2 heterocycles. The van der Waals surface area contributed by atoms with Crippen molar-refractivity contribution in [3.05, 3.63) is 53.1 Å². The molecule has 14 heteroatoms. The highest BCUT2D eigenvalue weighted by Crippen LogP contribution is 2.42. The van der Waals surface area contributed by atoms with Crippen LogP contribution in [0.1, 0.15) is 43.8 Å². The second-order valence-corrected chi connectivity index (χ2v) is 12.8. The van der Waals surface area contributed by atoms with Crippen LogP contribution in [0.5, 0.6) is 11.5 Å². The number of aliphatic hydroxyl groups is 1. The number of sulfonamides is 1. The number of halogens is 3. The van der Waals surface area contributed by atoms with Crippen molar-refractivity contribution in [1.82, 2.24) is 14.3 Å². The van der Waals surface area contributed by atoms with Crippen LogP contribution in [-0.4, -0.2) is 79.2 Å². The van der Waals surface area contributed by atoms with Crippen molar-refractivity contribution < 1.29 is 40.9 Å². The normalized spacial score (nSPS) is 17.7. The highest BCUT2D eigenvalue weighted by molar-refractivity contribution is 7.88. The molecule has 3 aromatic rings. The fourth-order valence-corrected chi connectivity index (χ4v) is 5.49. The predicted octanol–water partition coefficient (Wildman–Crippen LogP) is 4.16. The Hall–Kier alpha value is -3.20. The van der Waals surface area contributed by atoms with Crippen molar-refractivity contribution >= 4 is 26.7 Å². The van der Waals surface area contributed by atoms with Gasteiger partial charge in [0.2, 0.25) is 10.0 Å². The molecule has 0 spiro atoms. The summed E-state index contributed by atoms with van der Waals surface area (Å²) in [4.78, 5) is 8.92. The van der Waals surface area contributed by atoms with Gasteiger partial charge < -0.3 is 24.6 Å². The fourth-order valence-electron chi connectivity index (χ4n) is 4.65. The minimum Gasteiger partial charge on any atom is -0.493 e. The van der Waals surface area contributed by atoms with Crippen LogP contribution in [0.25, 0.3) is 10.9 Å². The zero-order chi connectivity index (χ0) is 31.0. The molecule has 2 aromatic carbocycles. The van der Waals surface area contributed by atoms with Crippen molar-refractivity contribution in [2.45, 2.75) is 51.4 Å². The molecule has 1 saturated heterocycles. The third-order valence-electron chi connectivity index (χ3n) is 7.04. The van der Waals surface area contributed by atoms with E-state index in [2.05, 4.69) is 15.3 Å². The third kappa shape index (κ3) is 6.56. The second kappa shape index (κ2) is 11.8. The molecule has 10 nitrogen and oxygen atoms in total. The number of methoxy groups -OCH3 is 1. The van der Waals surface area contributed by atoms with Gasteiger partial charge in [-0.2, -0.15) is 13.1 Å². The maximum absolute atomic E-state index is 15.4. The summed E-state index contributed by atoms with van der Waals surface area (Å²) in [5, 5.41) is 13.6. The Morgan fingerprint density at radius 3 is 2.60 bits per heavy atom. The van der Waals surface area contributed by atoms with Crippen molar-refractivity contribution in [3.8, 4) is 11.5 Å². The summed E-state index contributed by atoms with van der Waals surface area (Å²) >= 11 is 0. The number of nitrogens with one attached hydrogen (secondary N) is 1. The Morgan fingerprint density at radius 2 is 1.95 bits per heavy atom. The maximum Gasteiger partial charge on any atom is 0.303 e. The molecule has 0 unspecified atom stereocenters. The summed E-state index contributed by atoms with van der Waals surface area (Å²) in [6, 6.07) is 6.11. The van der Waals surface area contributed by atoms with Gasteiger partial charge in [0.05, 0.1) is 37.1 Å². The van der Waals surface area contributed by atoms with Gasteiger partial charge in [-0.3, -0.25) is 0 Å². The van der Waals surface area contributed by atoms with Gasteiger partial charge in [0, 0.05) is 30.1 Å². The average Bonchev–Trinajstić information content (AvgIpc) is 2.90. The molecule has 0 aliphatic carbocycles. The summed E-state index contributed by atoms with van der Waals surface area (Å²) in [6.45, 7) is 5.78. The molecule has 0 saturated carbocycles. The molecule has 230 valence electrons. The second-order valence-electron chi connectivity index (χ2n) is 10.8. The lowest BCUT2D eigenvalue weighted by Crippen LogP contribution is -2.47. The summed E-state index contributed by atoms with van der Waals surface area (Å²) in [6.07, 6.45) is 0.624. The summed E-state index contributed by atoms with van der Waals surface area (Å²) < 4.78 is 87.6. The zero-order valence-corrected chi connectivity index (χ0v) is 25.1. The molecular weight excluding hydrogens is 577 g/mol. The fraction of sp³-hybridized carbons (Fsp3) is 0.500. The molecule has 1 aromatic heterocycles. The van der Waals surface area contributed by atoms with Crippen LogP contribution in [0, 0.1) is 12.7 Å². The van der Waals surface area contributed by atoms with Crippen LogP contribution in [0.3, 0.4) is 0 Å². The largest absolute Gasteiger partial charge is 0.493 e. The molecule has 0 radical (unpaired) electrons. The van der Waals surface area contributed by atoms with Crippen molar-refractivity contribution in [1.29, 1.82) is 0 Å². The van der Waals surface area contributed by atoms with E-state index < -0.39 is 45.1 Å². The monoisotopic (exact) mass is 612 g/mol. The smallest absolute Gasteiger partial charge is 0.303 e. The van der Waals surface area contributed by atoms with Gasteiger partial charge in [0.25, 0.3) is 0 Å². The minimum absolute atomic E-state index is 0.0349. The quantitative estimate of drug-likeness (QED) is 0.348. The Balaban J connectivity index is 1.64. The average molecular weight is 613 g/mol. The SMILES string of the molecule is COc1cc2nc(C)nc(N[C@H](C)c3cccc(C(F)(F)C(C)(C)O)c3F)c2cc1OC[C@H]1CN(S(C)(=O)=O)CCO1. The highest BCUT2D eigenvalue weighted by atomic mass is 32.2. The first-order valence-electron chi connectivity index (χ1n) is 13.2. The molecule has 4 rings (SSSR count). The highest BCUT2D eigenvalue weighted by Gasteiger charge is 2.49. The van der Waals surface area contributed by atoms with Crippen LogP contribution in [0.2, 0.25) is 0 Å². The number of anilines is 1. The van der Waals surface area contributed by atoms with Gasteiger partial charge in [-0.25, -0.2) is 22.8 Å². The molecule has 42 heavy (non-hydrogen) atoms. The number of ether oxygens (including phenoxy) is 3. The van der Waals surface area contributed by atoms with E-state index in [1.807, 2.05) is 0 Å². The zero-order valence-electron chi connectivity index (χ0n) is 24.2. The van der Waals surface area contributed by atoms with E-state index in [1.54, 1.807) is 26.0 Å².